The van der Waals surface area contributed by atoms with E-state index >= 15 is 0 Å². The van der Waals surface area contributed by atoms with Gasteiger partial charge in [0.1, 0.15) is 0 Å². The predicted octanol–water partition coefficient (Wildman–Crippen LogP) is 3.78. The molecular weight excluding hydrogens is 346 g/mol. The quantitative estimate of drug-likeness (QED) is 0.535. The first-order valence-corrected chi connectivity index (χ1v) is 10.7. The van der Waals surface area contributed by atoms with Gasteiger partial charge in [-0.1, -0.05) is 31.4 Å². The number of nitrogens with zero attached hydrogens (tertiary/aromatic N) is 1. The maximum atomic E-state index is 12.2. The second kappa shape index (κ2) is 11.1. The number of nitrogens with one attached hydrogen (secondary N) is 2. The molecule has 26 heavy (non-hydrogen) atoms. The molecule has 0 aliphatic heterocycles. The van der Waals surface area contributed by atoms with Crippen LogP contribution in [0.2, 0.25) is 0 Å². The number of hydrogen-bond donors (Lipinski definition) is 2. The van der Waals surface area contributed by atoms with Crippen LogP contribution < -0.4 is 10.6 Å². The van der Waals surface area contributed by atoms with Crippen LogP contribution in [-0.4, -0.2) is 42.7 Å². The van der Waals surface area contributed by atoms with E-state index < -0.39 is 0 Å². The molecule has 0 radical (unpaired) electrons. The van der Waals surface area contributed by atoms with Crippen molar-refractivity contribution in [3.8, 4) is 0 Å². The second-order valence-electron chi connectivity index (χ2n) is 6.94. The van der Waals surface area contributed by atoms with Gasteiger partial charge in [-0.15, -0.1) is 11.8 Å². The lowest BCUT2D eigenvalue weighted by Crippen LogP contribution is -2.43. The summed E-state index contributed by atoms with van der Waals surface area (Å²) in [6.45, 7) is 1.14. The molecule has 2 rings (SSSR count). The summed E-state index contributed by atoms with van der Waals surface area (Å²) in [4.78, 5) is 27.1. The van der Waals surface area contributed by atoms with Crippen LogP contribution in [0.4, 0.5) is 4.79 Å². The van der Waals surface area contributed by atoms with Gasteiger partial charge in [0, 0.05) is 37.5 Å². The predicted molar refractivity (Wildman–Crippen MR) is 107 cm³/mol. The minimum Gasteiger partial charge on any atom is -0.341 e. The summed E-state index contributed by atoms with van der Waals surface area (Å²) in [6, 6.07) is 8.49. The van der Waals surface area contributed by atoms with Crippen molar-refractivity contribution in [1.82, 2.24) is 15.5 Å². The molecule has 1 aliphatic rings. The van der Waals surface area contributed by atoms with Gasteiger partial charge in [0.15, 0.2) is 0 Å². The zero-order valence-corrected chi connectivity index (χ0v) is 16.7. The summed E-state index contributed by atoms with van der Waals surface area (Å²) >= 11 is 1.71. The van der Waals surface area contributed by atoms with Crippen LogP contribution in [0.25, 0.3) is 0 Å². The minimum absolute atomic E-state index is 0.105. The fraction of sp³-hybridized carbons (Fsp3) is 0.600. The number of rotatable bonds is 8. The molecular formula is C20H31N3O2S. The highest BCUT2D eigenvalue weighted by molar-refractivity contribution is 7.98. The average Bonchev–Trinajstić information content (AvgIpc) is 2.66. The molecule has 3 amide bonds. The van der Waals surface area contributed by atoms with E-state index in [2.05, 4.69) is 34.9 Å². The molecule has 5 nitrogen and oxygen atoms in total. The normalized spacial score (nSPS) is 14.7. The molecule has 144 valence electrons. The number of benzene rings is 1. The number of urea groups is 1. The lowest BCUT2D eigenvalue weighted by molar-refractivity contribution is -0.130. The van der Waals surface area contributed by atoms with Crippen molar-refractivity contribution >= 4 is 23.7 Å². The van der Waals surface area contributed by atoms with Crippen LogP contribution in [0.3, 0.4) is 0 Å². The van der Waals surface area contributed by atoms with E-state index in [1.807, 2.05) is 13.3 Å². The summed E-state index contributed by atoms with van der Waals surface area (Å²) in [7, 11) is 1.83. The van der Waals surface area contributed by atoms with Gasteiger partial charge in [0.2, 0.25) is 5.91 Å². The Morgan fingerprint density at radius 2 is 1.85 bits per heavy atom. The fourth-order valence-corrected chi connectivity index (χ4v) is 3.62. The maximum absolute atomic E-state index is 12.2. The molecule has 1 saturated carbocycles. The number of carbonyl (C=O) groups excluding carboxylic acids is 2. The maximum Gasteiger partial charge on any atom is 0.315 e. The highest BCUT2D eigenvalue weighted by Gasteiger charge is 2.15. The molecule has 0 aromatic heterocycles. The lowest BCUT2D eigenvalue weighted by Gasteiger charge is -2.23. The van der Waals surface area contributed by atoms with E-state index in [0.717, 1.165) is 18.4 Å². The summed E-state index contributed by atoms with van der Waals surface area (Å²) in [5.74, 6) is 0.105. The van der Waals surface area contributed by atoms with Crippen LogP contribution in [-0.2, 0) is 11.3 Å². The second-order valence-corrected chi connectivity index (χ2v) is 7.82. The molecule has 1 aromatic carbocycles. The Kier molecular flexibility index (Phi) is 8.81. The summed E-state index contributed by atoms with van der Waals surface area (Å²) in [5, 5.41) is 5.89. The first kappa shape index (κ1) is 20.6. The minimum atomic E-state index is -0.105. The lowest BCUT2D eigenvalue weighted by atomic mass is 9.96. The molecule has 1 fully saturated rings. The molecule has 2 N–H and O–H groups in total. The number of thioether (sulfide) groups is 1. The SMILES string of the molecule is CSc1ccc(CN(C)C(=O)CCCNC(=O)NC2CCCCC2)cc1. The highest BCUT2D eigenvalue weighted by atomic mass is 32.2. The fourth-order valence-electron chi connectivity index (χ4n) is 3.21. The summed E-state index contributed by atoms with van der Waals surface area (Å²) in [6.07, 6.45) is 8.99. The molecule has 0 spiro atoms. The zero-order chi connectivity index (χ0) is 18.8. The molecule has 0 unspecified atom stereocenters. The smallest absolute Gasteiger partial charge is 0.315 e. The van der Waals surface area contributed by atoms with Crippen molar-refractivity contribution in [2.24, 2.45) is 0 Å². The van der Waals surface area contributed by atoms with Gasteiger partial charge in [-0.05, 0) is 43.2 Å². The van der Waals surface area contributed by atoms with Crippen molar-refractivity contribution in [1.29, 1.82) is 0 Å². The van der Waals surface area contributed by atoms with Crippen LogP contribution in [0.1, 0.15) is 50.5 Å². The number of amides is 3. The topological polar surface area (TPSA) is 61.4 Å². The van der Waals surface area contributed by atoms with E-state index in [1.54, 1.807) is 16.7 Å². The van der Waals surface area contributed by atoms with E-state index in [-0.39, 0.29) is 11.9 Å². The molecule has 0 bridgehead atoms. The Balaban J connectivity index is 1.60. The largest absolute Gasteiger partial charge is 0.341 e. The Labute approximate surface area is 161 Å². The van der Waals surface area contributed by atoms with Gasteiger partial charge < -0.3 is 15.5 Å². The van der Waals surface area contributed by atoms with Gasteiger partial charge in [0.25, 0.3) is 0 Å². The van der Waals surface area contributed by atoms with Gasteiger partial charge in [-0.3, -0.25) is 4.79 Å². The highest BCUT2D eigenvalue weighted by Crippen LogP contribution is 2.17. The van der Waals surface area contributed by atoms with Crippen molar-refractivity contribution in [3.05, 3.63) is 29.8 Å². The van der Waals surface area contributed by atoms with Gasteiger partial charge in [0.05, 0.1) is 0 Å². The van der Waals surface area contributed by atoms with Crippen molar-refractivity contribution in [2.75, 3.05) is 19.8 Å². The van der Waals surface area contributed by atoms with Gasteiger partial charge >= 0.3 is 6.03 Å². The van der Waals surface area contributed by atoms with E-state index in [1.165, 1.54) is 24.2 Å². The average molecular weight is 378 g/mol. The molecule has 0 heterocycles. The third-order valence-electron chi connectivity index (χ3n) is 4.80. The van der Waals surface area contributed by atoms with Crippen LogP contribution in [0.5, 0.6) is 0 Å². The molecule has 1 aromatic rings. The zero-order valence-electron chi connectivity index (χ0n) is 15.9. The third-order valence-corrected chi connectivity index (χ3v) is 5.54. The molecule has 1 aliphatic carbocycles. The first-order chi connectivity index (χ1) is 12.6. The van der Waals surface area contributed by atoms with E-state index in [9.17, 15) is 9.59 Å². The van der Waals surface area contributed by atoms with Gasteiger partial charge in [-0.25, -0.2) is 4.79 Å². The number of carbonyl (C=O) groups is 2. The van der Waals surface area contributed by atoms with Crippen molar-refractivity contribution < 1.29 is 9.59 Å². The third kappa shape index (κ3) is 7.28. The van der Waals surface area contributed by atoms with E-state index in [0.29, 0.717) is 32.0 Å². The Morgan fingerprint density at radius 3 is 2.50 bits per heavy atom. The summed E-state index contributed by atoms with van der Waals surface area (Å²) < 4.78 is 0. The van der Waals surface area contributed by atoms with E-state index in [4.69, 9.17) is 0 Å². The van der Waals surface area contributed by atoms with Crippen LogP contribution in [0, 0.1) is 0 Å². The Bertz CT molecular complexity index is 571. The Morgan fingerprint density at radius 1 is 1.15 bits per heavy atom. The molecule has 0 atom stereocenters. The molecule has 6 heteroatoms. The standard InChI is InChI=1S/C20H31N3O2S/c1-23(15-16-10-12-18(26-2)13-11-16)19(24)9-6-14-21-20(25)22-17-7-4-3-5-8-17/h10-13,17H,3-9,14-15H2,1-2H3,(H2,21,22,25). The monoisotopic (exact) mass is 377 g/mol. The van der Waals surface area contributed by atoms with Crippen LogP contribution >= 0.6 is 11.8 Å². The Hall–Kier alpha value is -1.69. The first-order valence-electron chi connectivity index (χ1n) is 9.49. The van der Waals surface area contributed by atoms with Crippen molar-refractivity contribution in [2.45, 2.75) is 62.4 Å². The van der Waals surface area contributed by atoms with Gasteiger partial charge in [-0.2, -0.15) is 0 Å². The number of hydrogen-bond acceptors (Lipinski definition) is 3. The van der Waals surface area contributed by atoms with Crippen molar-refractivity contribution in [3.63, 3.8) is 0 Å². The van der Waals surface area contributed by atoms with Crippen LogP contribution in [0.15, 0.2) is 29.2 Å². The summed E-state index contributed by atoms with van der Waals surface area (Å²) in [5.41, 5.74) is 1.13. The molecule has 0 saturated heterocycles.